The highest BCUT2D eigenvalue weighted by Crippen LogP contribution is 2.36. The first-order valence-electron chi connectivity index (χ1n) is 6.10. The van der Waals surface area contributed by atoms with Gasteiger partial charge in [-0.2, -0.15) is 13.2 Å². The van der Waals surface area contributed by atoms with Crippen molar-refractivity contribution < 1.29 is 18.3 Å². The average molecular weight is 381 g/mol. The Hall–Kier alpha value is -1.70. The summed E-state index contributed by atoms with van der Waals surface area (Å²) in [4.78, 5) is 0. The fourth-order valence-electron chi connectivity index (χ4n) is 1.76. The lowest BCUT2D eigenvalue weighted by Gasteiger charge is -2.16. The molecule has 0 aromatic heterocycles. The molecule has 0 saturated carbocycles. The fraction of sp³-hybridized carbons (Fsp3) is 0.0714. The van der Waals surface area contributed by atoms with Gasteiger partial charge < -0.3 is 15.7 Å². The Kier molecular flexibility index (Phi) is 5.23. The quantitative estimate of drug-likeness (QED) is 0.473. The van der Waals surface area contributed by atoms with E-state index in [-0.39, 0.29) is 26.6 Å². The molecule has 0 bridgehead atoms. The van der Waals surface area contributed by atoms with Crippen molar-refractivity contribution in [2.75, 3.05) is 10.6 Å². The van der Waals surface area contributed by atoms with Crippen LogP contribution in [0.3, 0.4) is 0 Å². The van der Waals surface area contributed by atoms with Gasteiger partial charge in [0.1, 0.15) is 0 Å². The van der Waals surface area contributed by atoms with E-state index < -0.39 is 11.7 Å². The largest absolute Gasteiger partial charge is 0.505 e. The van der Waals surface area contributed by atoms with Crippen LogP contribution < -0.4 is 10.6 Å². The van der Waals surface area contributed by atoms with E-state index in [2.05, 4.69) is 10.6 Å². The number of para-hydroxylation sites is 1. The minimum atomic E-state index is -4.51. The summed E-state index contributed by atoms with van der Waals surface area (Å²) >= 11 is 16.5. The lowest BCUT2D eigenvalue weighted by molar-refractivity contribution is -0.136. The monoisotopic (exact) mass is 380 g/mol. The first kappa shape index (κ1) is 17.7. The van der Waals surface area contributed by atoms with Crippen LogP contribution in [-0.2, 0) is 6.18 Å². The number of rotatable bonds is 2. The van der Waals surface area contributed by atoms with E-state index in [1.165, 1.54) is 30.3 Å². The molecule has 2 aromatic rings. The van der Waals surface area contributed by atoms with Crippen molar-refractivity contribution in [1.29, 1.82) is 0 Å². The SMILES string of the molecule is Oc1c(Cl)cc(NC(=S)Nc2ccccc2C(F)(F)F)cc1Cl. The zero-order valence-corrected chi connectivity index (χ0v) is 13.5. The van der Waals surface area contributed by atoms with Crippen LogP contribution in [0.2, 0.25) is 10.0 Å². The Balaban J connectivity index is 2.18. The van der Waals surface area contributed by atoms with Crippen LogP contribution in [-0.4, -0.2) is 10.2 Å². The minimum Gasteiger partial charge on any atom is -0.505 e. The number of nitrogens with one attached hydrogen (secondary N) is 2. The molecule has 0 atom stereocenters. The Morgan fingerprint density at radius 2 is 1.61 bits per heavy atom. The summed E-state index contributed by atoms with van der Waals surface area (Å²) in [7, 11) is 0. The molecule has 0 saturated heterocycles. The molecule has 2 rings (SSSR count). The van der Waals surface area contributed by atoms with Crippen LogP contribution >= 0.6 is 35.4 Å². The molecule has 0 spiro atoms. The highest BCUT2D eigenvalue weighted by molar-refractivity contribution is 7.80. The molecule has 2 aromatic carbocycles. The number of alkyl halides is 3. The van der Waals surface area contributed by atoms with Crippen LogP contribution in [0.4, 0.5) is 24.5 Å². The van der Waals surface area contributed by atoms with Crippen LogP contribution in [0, 0.1) is 0 Å². The predicted octanol–water partition coefficient (Wildman–Crippen LogP) is 5.53. The first-order valence-corrected chi connectivity index (χ1v) is 7.27. The van der Waals surface area contributed by atoms with E-state index in [1.807, 2.05) is 0 Å². The number of thiocarbonyl (C=S) groups is 1. The standard InChI is InChI=1S/C14H9Cl2F3N2OS/c15-9-5-7(6-10(16)12(9)22)20-13(23)21-11-4-2-1-3-8(11)14(17,18)19/h1-6,22H,(H2,20,21,23). The molecule has 0 aliphatic rings. The number of anilines is 2. The Morgan fingerprint density at radius 1 is 1.04 bits per heavy atom. The Morgan fingerprint density at radius 3 is 2.17 bits per heavy atom. The second-order valence-electron chi connectivity index (χ2n) is 4.41. The molecular formula is C14H9Cl2F3N2OS. The first-order chi connectivity index (χ1) is 10.7. The van der Waals surface area contributed by atoms with E-state index in [0.717, 1.165) is 6.07 Å². The third-order valence-corrected chi connectivity index (χ3v) is 3.54. The van der Waals surface area contributed by atoms with Gasteiger partial charge in [0, 0.05) is 5.69 Å². The smallest absolute Gasteiger partial charge is 0.418 e. The third kappa shape index (κ3) is 4.40. The second kappa shape index (κ2) is 6.82. The predicted molar refractivity (Wildman–Crippen MR) is 89.4 cm³/mol. The van der Waals surface area contributed by atoms with E-state index in [0.29, 0.717) is 5.69 Å². The van der Waals surface area contributed by atoms with E-state index in [4.69, 9.17) is 35.4 Å². The zero-order chi connectivity index (χ0) is 17.2. The van der Waals surface area contributed by atoms with Gasteiger partial charge in [-0.05, 0) is 36.5 Å². The molecule has 0 unspecified atom stereocenters. The summed E-state index contributed by atoms with van der Waals surface area (Å²) in [5.74, 6) is -0.292. The van der Waals surface area contributed by atoms with Crippen molar-refractivity contribution in [3.8, 4) is 5.75 Å². The summed E-state index contributed by atoms with van der Waals surface area (Å²) in [5.41, 5.74) is -0.709. The van der Waals surface area contributed by atoms with Crippen molar-refractivity contribution in [1.82, 2.24) is 0 Å². The van der Waals surface area contributed by atoms with Crippen molar-refractivity contribution in [3.63, 3.8) is 0 Å². The molecule has 3 N–H and O–H groups in total. The maximum Gasteiger partial charge on any atom is 0.418 e. The normalized spacial score (nSPS) is 11.2. The number of aromatic hydroxyl groups is 1. The minimum absolute atomic E-state index is 0.0153. The van der Waals surface area contributed by atoms with Crippen molar-refractivity contribution in [2.45, 2.75) is 6.18 Å². The van der Waals surface area contributed by atoms with Crippen LogP contribution in [0.15, 0.2) is 36.4 Å². The topological polar surface area (TPSA) is 44.3 Å². The Labute approximate surface area is 145 Å². The van der Waals surface area contributed by atoms with Gasteiger partial charge in [0.25, 0.3) is 0 Å². The van der Waals surface area contributed by atoms with E-state index in [9.17, 15) is 18.3 Å². The molecule has 0 aliphatic carbocycles. The number of phenols is 1. The van der Waals surface area contributed by atoms with Gasteiger partial charge in [-0.1, -0.05) is 35.3 Å². The highest BCUT2D eigenvalue weighted by atomic mass is 35.5. The number of benzene rings is 2. The molecule has 3 nitrogen and oxygen atoms in total. The number of hydrogen-bond donors (Lipinski definition) is 3. The van der Waals surface area contributed by atoms with Gasteiger partial charge in [-0.3, -0.25) is 0 Å². The number of phenolic OH excluding ortho intramolecular Hbond substituents is 1. The average Bonchev–Trinajstić information content (AvgIpc) is 2.44. The van der Waals surface area contributed by atoms with Crippen LogP contribution in [0.5, 0.6) is 5.75 Å². The van der Waals surface area contributed by atoms with E-state index in [1.54, 1.807) is 0 Å². The molecule has 9 heteroatoms. The molecule has 0 radical (unpaired) electrons. The molecular weight excluding hydrogens is 372 g/mol. The lowest BCUT2D eigenvalue weighted by atomic mass is 10.1. The highest BCUT2D eigenvalue weighted by Gasteiger charge is 2.33. The maximum absolute atomic E-state index is 12.9. The second-order valence-corrected chi connectivity index (χ2v) is 5.63. The lowest BCUT2D eigenvalue weighted by Crippen LogP contribution is -2.21. The summed E-state index contributed by atoms with van der Waals surface area (Å²) < 4.78 is 38.7. The van der Waals surface area contributed by atoms with Crippen LogP contribution in [0.1, 0.15) is 5.56 Å². The van der Waals surface area contributed by atoms with Gasteiger partial charge in [0.2, 0.25) is 0 Å². The summed E-state index contributed by atoms with van der Waals surface area (Å²) in [6.07, 6.45) is -4.51. The molecule has 122 valence electrons. The van der Waals surface area contributed by atoms with Crippen molar-refractivity contribution >= 4 is 51.9 Å². The van der Waals surface area contributed by atoms with E-state index >= 15 is 0 Å². The van der Waals surface area contributed by atoms with Crippen molar-refractivity contribution in [3.05, 3.63) is 52.0 Å². The Bertz CT molecular complexity index is 730. The van der Waals surface area contributed by atoms with Gasteiger partial charge in [-0.15, -0.1) is 0 Å². The fourth-order valence-corrected chi connectivity index (χ4v) is 2.48. The van der Waals surface area contributed by atoms with Crippen LogP contribution in [0.25, 0.3) is 0 Å². The van der Waals surface area contributed by atoms with Gasteiger partial charge in [0.05, 0.1) is 21.3 Å². The van der Waals surface area contributed by atoms with Gasteiger partial charge >= 0.3 is 6.18 Å². The molecule has 0 amide bonds. The molecule has 0 aliphatic heterocycles. The maximum atomic E-state index is 12.9. The summed E-state index contributed by atoms with van der Waals surface area (Å²) in [5, 5.41) is 14.5. The number of hydrogen-bond acceptors (Lipinski definition) is 2. The summed E-state index contributed by atoms with van der Waals surface area (Å²) in [6, 6.07) is 7.62. The summed E-state index contributed by atoms with van der Waals surface area (Å²) in [6.45, 7) is 0. The zero-order valence-electron chi connectivity index (χ0n) is 11.2. The third-order valence-electron chi connectivity index (χ3n) is 2.76. The molecule has 23 heavy (non-hydrogen) atoms. The molecule has 0 heterocycles. The van der Waals surface area contributed by atoms with Gasteiger partial charge in [-0.25, -0.2) is 0 Å². The number of halogens is 5. The van der Waals surface area contributed by atoms with Gasteiger partial charge in [0.15, 0.2) is 10.9 Å². The molecule has 0 fully saturated rings. The van der Waals surface area contributed by atoms with Crippen molar-refractivity contribution in [2.24, 2.45) is 0 Å².